The second kappa shape index (κ2) is 9.56. The molecule has 0 saturated heterocycles. The van der Waals surface area contributed by atoms with Gasteiger partial charge in [-0.25, -0.2) is 0 Å². The smallest absolute Gasteiger partial charge is 0.300 e. The summed E-state index contributed by atoms with van der Waals surface area (Å²) >= 11 is 0. The number of hydrogen-bond acceptors (Lipinski definition) is 5. The zero-order chi connectivity index (χ0) is 21.7. The van der Waals surface area contributed by atoms with Gasteiger partial charge in [0.25, 0.3) is 0 Å². The van der Waals surface area contributed by atoms with Crippen LogP contribution in [-0.2, 0) is 11.2 Å². The van der Waals surface area contributed by atoms with Crippen LogP contribution in [-0.4, -0.2) is 38.2 Å². The molecule has 160 valence electrons. The van der Waals surface area contributed by atoms with E-state index in [4.69, 9.17) is 4.74 Å². The van der Waals surface area contributed by atoms with Crippen LogP contribution in [0.5, 0.6) is 5.75 Å². The van der Waals surface area contributed by atoms with Crippen LogP contribution in [0.1, 0.15) is 39.9 Å². The average molecular weight is 412 g/mol. The van der Waals surface area contributed by atoms with Crippen molar-refractivity contribution in [2.24, 2.45) is 11.8 Å². The molecule has 0 aliphatic heterocycles. The van der Waals surface area contributed by atoms with E-state index >= 15 is 0 Å². The number of nitrogens with zero attached hydrogens (tertiary/aromatic N) is 4. The molecule has 8 nitrogen and oxygen atoms in total. The molecule has 1 aromatic carbocycles. The highest BCUT2D eigenvalue weighted by Crippen LogP contribution is 2.15. The van der Waals surface area contributed by atoms with Crippen molar-refractivity contribution in [1.29, 1.82) is 0 Å². The zero-order valence-corrected chi connectivity index (χ0v) is 18.0. The van der Waals surface area contributed by atoms with Crippen molar-refractivity contribution < 1.29 is 9.53 Å². The minimum atomic E-state index is -0.247. The van der Waals surface area contributed by atoms with Crippen molar-refractivity contribution in [3.05, 3.63) is 52.8 Å². The lowest BCUT2D eigenvalue weighted by Crippen LogP contribution is -2.29. The monoisotopic (exact) mass is 411 g/mol. The highest BCUT2D eigenvalue weighted by atomic mass is 16.5. The first-order valence-corrected chi connectivity index (χ1v) is 10.3. The highest BCUT2D eigenvalue weighted by Gasteiger charge is 2.16. The van der Waals surface area contributed by atoms with Crippen LogP contribution in [0.3, 0.4) is 0 Å². The third-order valence-electron chi connectivity index (χ3n) is 4.74. The van der Waals surface area contributed by atoms with Gasteiger partial charge in [-0.3, -0.25) is 18.6 Å². The highest BCUT2D eigenvalue weighted by molar-refractivity contribution is 5.76. The van der Waals surface area contributed by atoms with Gasteiger partial charge in [-0.1, -0.05) is 20.8 Å². The van der Waals surface area contributed by atoms with E-state index in [0.29, 0.717) is 37.7 Å². The molecule has 0 aliphatic rings. The maximum atomic E-state index is 12.9. The fourth-order valence-corrected chi connectivity index (χ4v) is 3.24. The number of aromatic nitrogens is 4. The molecule has 2 aromatic heterocycles. The average Bonchev–Trinajstić information content (AvgIpc) is 3.11. The molecule has 1 amide bonds. The van der Waals surface area contributed by atoms with Gasteiger partial charge >= 0.3 is 5.56 Å². The van der Waals surface area contributed by atoms with Crippen molar-refractivity contribution in [2.75, 3.05) is 13.2 Å². The number of carbonyl (C=O) groups excluding carboxylic acids is 1. The summed E-state index contributed by atoms with van der Waals surface area (Å²) in [5.41, 5.74) is 0.742. The third kappa shape index (κ3) is 5.06. The van der Waals surface area contributed by atoms with Crippen LogP contribution in [0.2, 0.25) is 0 Å². The van der Waals surface area contributed by atoms with Gasteiger partial charge in [-0.2, -0.15) is 0 Å². The lowest BCUT2D eigenvalue weighted by molar-refractivity contribution is -0.122. The second-order valence-corrected chi connectivity index (χ2v) is 7.92. The molecule has 3 rings (SSSR count). The van der Waals surface area contributed by atoms with Crippen molar-refractivity contribution in [3.8, 4) is 11.4 Å². The van der Waals surface area contributed by atoms with Gasteiger partial charge in [-0.15, -0.1) is 10.2 Å². The Labute approximate surface area is 175 Å². The summed E-state index contributed by atoms with van der Waals surface area (Å²) in [6.07, 6.45) is 4.46. The SMILES string of the molecule is CCOc1ccc(-n2ccn3c(C[C@H](C)CC(=O)NCC(C)C)nnc3c2=O)cc1. The van der Waals surface area contributed by atoms with E-state index in [9.17, 15) is 9.59 Å². The van der Waals surface area contributed by atoms with E-state index in [1.807, 2.05) is 38.1 Å². The van der Waals surface area contributed by atoms with E-state index < -0.39 is 0 Å². The third-order valence-corrected chi connectivity index (χ3v) is 4.74. The van der Waals surface area contributed by atoms with Crippen LogP contribution in [0.15, 0.2) is 41.5 Å². The van der Waals surface area contributed by atoms with Gasteiger partial charge in [0.2, 0.25) is 11.6 Å². The number of ether oxygens (including phenoxy) is 1. The van der Waals surface area contributed by atoms with E-state index in [0.717, 1.165) is 11.4 Å². The Bertz CT molecular complexity index is 1050. The summed E-state index contributed by atoms with van der Waals surface area (Å²) < 4.78 is 8.69. The van der Waals surface area contributed by atoms with Crippen LogP contribution >= 0.6 is 0 Å². The van der Waals surface area contributed by atoms with Gasteiger partial charge in [-0.05, 0) is 43.0 Å². The summed E-state index contributed by atoms with van der Waals surface area (Å²) in [5.74, 6) is 1.96. The number of rotatable bonds is 9. The Hall–Kier alpha value is -3.16. The van der Waals surface area contributed by atoms with Crippen molar-refractivity contribution in [1.82, 2.24) is 24.5 Å². The molecule has 0 saturated carbocycles. The molecule has 0 fully saturated rings. The lowest BCUT2D eigenvalue weighted by Gasteiger charge is -2.12. The summed E-state index contributed by atoms with van der Waals surface area (Å²) in [7, 11) is 0. The van der Waals surface area contributed by atoms with Crippen LogP contribution < -0.4 is 15.6 Å². The molecule has 0 spiro atoms. The normalized spacial score (nSPS) is 12.3. The van der Waals surface area contributed by atoms with Crippen LogP contribution in [0, 0.1) is 11.8 Å². The Morgan fingerprint density at radius 3 is 2.53 bits per heavy atom. The van der Waals surface area contributed by atoms with Crippen molar-refractivity contribution in [3.63, 3.8) is 0 Å². The van der Waals surface area contributed by atoms with Gasteiger partial charge in [0.15, 0.2) is 0 Å². The summed E-state index contributed by atoms with van der Waals surface area (Å²) in [6.45, 7) is 9.31. The first-order chi connectivity index (χ1) is 14.4. The van der Waals surface area contributed by atoms with Gasteiger partial charge in [0.05, 0.1) is 6.61 Å². The molecule has 2 heterocycles. The maximum Gasteiger partial charge on any atom is 0.300 e. The molecule has 1 N–H and O–H groups in total. The summed E-state index contributed by atoms with van der Waals surface area (Å²) in [6, 6.07) is 7.32. The summed E-state index contributed by atoms with van der Waals surface area (Å²) in [4.78, 5) is 25.0. The van der Waals surface area contributed by atoms with E-state index in [1.54, 1.807) is 16.8 Å². The molecule has 1 atom stereocenters. The molecule has 0 bridgehead atoms. The second-order valence-electron chi connectivity index (χ2n) is 7.92. The molecule has 0 radical (unpaired) electrons. The molecule has 30 heavy (non-hydrogen) atoms. The van der Waals surface area contributed by atoms with Crippen molar-refractivity contribution >= 4 is 11.6 Å². The number of fused-ring (bicyclic) bond motifs is 1. The number of benzene rings is 1. The Morgan fingerprint density at radius 1 is 1.13 bits per heavy atom. The maximum absolute atomic E-state index is 12.9. The van der Waals surface area contributed by atoms with Gasteiger partial charge in [0, 0.05) is 37.5 Å². The molecule has 0 aliphatic carbocycles. The van der Waals surface area contributed by atoms with Crippen LogP contribution in [0.4, 0.5) is 0 Å². The quantitative estimate of drug-likeness (QED) is 0.585. The topological polar surface area (TPSA) is 90.5 Å². The van der Waals surface area contributed by atoms with E-state index in [-0.39, 0.29) is 23.0 Å². The molecule has 3 aromatic rings. The fourth-order valence-electron chi connectivity index (χ4n) is 3.24. The predicted molar refractivity (Wildman–Crippen MR) is 115 cm³/mol. The predicted octanol–water partition coefficient (Wildman–Crippen LogP) is 2.62. The minimum absolute atomic E-state index is 0.0304. The Balaban J connectivity index is 1.75. The summed E-state index contributed by atoms with van der Waals surface area (Å²) in [5, 5.41) is 11.2. The standard InChI is InChI=1S/C22H29N5O3/c1-5-30-18-8-6-17(7-9-18)26-10-11-27-19(24-25-21(27)22(26)29)12-16(4)13-20(28)23-14-15(2)3/h6-11,15-16H,5,12-14H2,1-4H3,(H,23,28)/t16-/m0/s1. The number of amides is 1. The molecular formula is C22H29N5O3. The fraction of sp³-hybridized carbons (Fsp3) is 0.455. The lowest BCUT2D eigenvalue weighted by atomic mass is 10.0. The first-order valence-electron chi connectivity index (χ1n) is 10.3. The number of hydrogen-bond donors (Lipinski definition) is 1. The largest absolute Gasteiger partial charge is 0.494 e. The minimum Gasteiger partial charge on any atom is -0.494 e. The van der Waals surface area contributed by atoms with Gasteiger partial charge in [0.1, 0.15) is 11.6 Å². The molecular weight excluding hydrogens is 382 g/mol. The Kier molecular flexibility index (Phi) is 6.87. The Morgan fingerprint density at radius 2 is 1.87 bits per heavy atom. The number of nitrogens with one attached hydrogen (secondary N) is 1. The van der Waals surface area contributed by atoms with Crippen molar-refractivity contribution in [2.45, 2.75) is 40.5 Å². The first kappa shape index (κ1) is 21.5. The molecule has 8 heteroatoms. The molecule has 0 unspecified atom stereocenters. The van der Waals surface area contributed by atoms with E-state index in [1.165, 1.54) is 4.57 Å². The van der Waals surface area contributed by atoms with E-state index in [2.05, 4.69) is 29.4 Å². The van der Waals surface area contributed by atoms with Gasteiger partial charge < -0.3 is 10.1 Å². The zero-order valence-electron chi connectivity index (χ0n) is 18.0. The van der Waals surface area contributed by atoms with Crippen LogP contribution in [0.25, 0.3) is 11.3 Å². The number of carbonyl (C=O) groups is 1.